The number of hydrogen-bond donors (Lipinski definition) is 1. The maximum absolute atomic E-state index is 5.51. The highest BCUT2D eigenvalue weighted by Crippen LogP contribution is 2.42. The van der Waals surface area contributed by atoms with Crippen LogP contribution in [0.15, 0.2) is 0 Å². The Balaban J connectivity index is 1.82. The van der Waals surface area contributed by atoms with Crippen molar-refractivity contribution in [3.63, 3.8) is 0 Å². The molecule has 0 bridgehead atoms. The second kappa shape index (κ2) is 5.25. The maximum atomic E-state index is 5.51. The average molecular weight is 240 g/mol. The summed E-state index contributed by atoms with van der Waals surface area (Å²) in [5.74, 6) is 0. The zero-order valence-electron chi connectivity index (χ0n) is 11.8. The van der Waals surface area contributed by atoms with E-state index in [0.29, 0.717) is 23.6 Å². The Morgan fingerprint density at radius 3 is 2.65 bits per heavy atom. The van der Waals surface area contributed by atoms with Crippen LogP contribution in [-0.2, 0) is 4.74 Å². The SMILES string of the molecule is COC1CC(NC2CCCN(C)CC2)C1(C)C. The van der Waals surface area contributed by atoms with E-state index in [2.05, 4.69) is 31.1 Å². The van der Waals surface area contributed by atoms with Crippen LogP contribution in [0.25, 0.3) is 0 Å². The van der Waals surface area contributed by atoms with Crippen molar-refractivity contribution in [2.45, 2.75) is 57.7 Å². The summed E-state index contributed by atoms with van der Waals surface area (Å²) in [5, 5.41) is 3.86. The molecule has 0 aromatic rings. The van der Waals surface area contributed by atoms with Gasteiger partial charge in [-0.2, -0.15) is 0 Å². The Kier molecular flexibility index (Phi) is 4.11. The van der Waals surface area contributed by atoms with Gasteiger partial charge in [0.2, 0.25) is 0 Å². The third-order valence-corrected chi connectivity index (χ3v) is 4.85. The van der Waals surface area contributed by atoms with Crippen molar-refractivity contribution in [3.05, 3.63) is 0 Å². The molecular formula is C14H28N2O. The van der Waals surface area contributed by atoms with Crippen LogP contribution < -0.4 is 5.32 Å². The summed E-state index contributed by atoms with van der Waals surface area (Å²) in [4.78, 5) is 2.45. The molecule has 17 heavy (non-hydrogen) atoms. The fraction of sp³-hybridized carbons (Fsp3) is 1.00. The lowest BCUT2D eigenvalue weighted by atomic mass is 9.64. The molecule has 0 amide bonds. The van der Waals surface area contributed by atoms with E-state index in [4.69, 9.17) is 4.74 Å². The molecule has 1 heterocycles. The minimum Gasteiger partial charge on any atom is -0.381 e. The number of hydrogen-bond acceptors (Lipinski definition) is 3. The third kappa shape index (κ3) is 2.83. The molecule has 3 nitrogen and oxygen atoms in total. The summed E-state index contributed by atoms with van der Waals surface area (Å²) >= 11 is 0. The monoisotopic (exact) mass is 240 g/mol. The van der Waals surface area contributed by atoms with Crippen LogP contribution in [0.1, 0.15) is 39.5 Å². The molecule has 0 radical (unpaired) electrons. The Hall–Kier alpha value is -0.120. The molecule has 2 rings (SSSR count). The Morgan fingerprint density at radius 1 is 1.24 bits per heavy atom. The standard InChI is InChI=1S/C14H28N2O/c1-14(2)12(10-13(14)17-4)15-11-6-5-8-16(3)9-7-11/h11-13,15H,5-10H2,1-4H3. The Labute approximate surface area is 106 Å². The van der Waals surface area contributed by atoms with Crippen molar-refractivity contribution < 1.29 is 4.74 Å². The van der Waals surface area contributed by atoms with Crippen LogP contribution in [0.2, 0.25) is 0 Å². The summed E-state index contributed by atoms with van der Waals surface area (Å²) in [6.07, 6.45) is 5.56. The predicted octanol–water partition coefficient (Wildman–Crippen LogP) is 1.87. The van der Waals surface area contributed by atoms with Gasteiger partial charge in [0.05, 0.1) is 6.10 Å². The van der Waals surface area contributed by atoms with Crippen LogP contribution in [0.3, 0.4) is 0 Å². The van der Waals surface area contributed by atoms with E-state index in [-0.39, 0.29) is 0 Å². The molecule has 100 valence electrons. The summed E-state index contributed by atoms with van der Waals surface area (Å²) in [5.41, 5.74) is 0.299. The molecule has 3 unspecified atom stereocenters. The largest absolute Gasteiger partial charge is 0.381 e. The quantitative estimate of drug-likeness (QED) is 0.815. The molecule has 1 aliphatic carbocycles. The molecular weight excluding hydrogens is 212 g/mol. The summed E-state index contributed by atoms with van der Waals surface area (Å²) in [7, 11) is 4.07. The van der Waals surface area contributed by atoms with Crippen LogP contribution in [0.5, 0.6) is 0 Å². The summed E-state index contributed by atoms with van der Waals surface area (Å²) < 4.78 is 5.51. The summed E-state index contributed by atoms with van der Waals surface area (Å²) in [6, 6.07) is 1.35. The normalized spacial score (nSPS) is 38.5. The van der Waals surface area contributed by atoms with Crippen LogP contribution in [-0.4, -0.2) is 50.3 Å². The van der Waals surface area contributed by atoms with E-state index >= 15 is 0 Å². The number of rotatable bonds is 3. The van der Waals surface area contributed by atoms with Crippen LogP contribution in [0, 0.1) is 5.41 Å². The van der Waals surface area contributed by atoms with Crippen molar-refractivity contribution in [2.24, 2.45) is 5.41 Å². The van der Waals surface area contributed by atoms with Crippen molar-refractivity contribution in [2.75, 3.05) is 27.2 Å². The first kappa shape index (κ1) is 13.3. The highest BCUT2D eigenvalue weighted by atomic mass is 16.5. The van der Waals surface area contributed by atoms with Gasteiger partial charge in [-0.1, -0.05) is 13.8 Å². The van der Waals surface area contributed by atoms with Gasteiger partial charge in [0.15, 0.2) is 0 Å². The highest BCUT2D eigenvalue weighted by Gasteiger charge is 2.48. The van der Waals surface area contributed by atoms with E-state index in [1.54, 1.807) is 0 Å². The Morgan fingerprint density at radius 2 is 2.00 bits per heavy atom. The number of likely N-dealkylation sites (tertiary alicyclic amines) is 1. The van der Waals surface area contributed by atoms with E-state index in [9.17, 15) is 0 Å². The number of nitrogens with zero attached hydrogens (tertiary/aromatic N) is 1. The van der Waals surface area contributed by atoms with E-state index in [0.717, 1.165) is 0 Å². The number of nitrogens with one attached hydrogen (secondary N) is 1. The molecule has 1 N–H and O–H groups in total. The van der Waals surface area contributed by atoms with Crippen molar-refractivity contribution >= 4 is 0 Å². The van der Waals surface area contributed by atoms with Gasteiger partial charge in [0.25, 0.3) is 0 Å². The fourth-order valence-corrected chi connectivity index (χ4v) is 3.26. The van der Waals surface area contributed by atoms with Crippen LogP contribution in [0.4, 0.5) is 0 Å². The number of methoxy groups -OCH3 is 1. The van der Waals surface area contributed by atoms with E-state index in [1.807, 2.05) is 7.11 Å². The molecule has 0 aromatic heterocycles. The molecule has 0 aromatic carbocycles. The lowest BCUT2D eigenvalue weighted by Gasteiger charge is -2.52. The molecule has 2 fully saturated rings. The first-order valence-corrected chi connectivity index (χ1v) is 7.01. The molecule has 2 aliphatic rings. The van der Waals surface area contributed by atoms with Crippen molar-refractivity contribution in [3.8, 4) is 0 Å². The highest BCUT2D eigenvalue weighted by molar-refractivity contribution is 5.03. The smallest absolute Gasteiger partial charge is 0.0652 e. The van der Waals surface area contributed by atoms with Gasteiger partial charge >= 0.3 is 0 Å². The second-order valence-electron chi connectivity index (χ2n) is 6.43. The van der Waals surface area contributed by atoms with Gasteiger partial charge in [0, 0.05) is 24.6 Å². The minimum atomic E-state index is 0.299. The van der Waals surface area contributed by atoms with Crippen molar-refractivity contribution in [1.29, 1.82) is 0 Å². The predicted molar refractivity (Wildman–Crippen MR) is 71.3 cm³/mol. The first-order valence-electron chi connectivity index (χ1n) is 7.01. The first-order chi connectivity index (χ1) is 8.04. The molecule has 3 heteroatoms. The van der Waals surface area contributed by atoms with Gasteiger partial charge in [-0.05, 0) is 45.8 Å². The maximum Gasteiger partial charge on any atom is 0.0652 e. The second-order valence-corrected chi connectivity index (χ2v) is 6.43. The van der Waals surface area contributed by atoms with Crippen molar-refractivity contribution in [1.82, 2.24) is 10.2 Å². The summed E-state index contributed by atoms with van der Waals surface area (Å²) in [6.45, 7) is 7.14. The van der Waals surface area contributed by atoms with E-state index in [1.165, 1.54) is 38.8 Å². The van der Waals surface area contributed by atoms with Crippen LogP contribution >= 0.6 is 0 Å². The number of ether oxygens (including phenoxy) is 1. The topological polar surface area (TPSA) is 24.5 Å². The van der Waals surface area contributed by atoms with Gasteiger partial charge in [-0.15, -0.1) is 0 Å². The van der Waals surface area contributed by atoms with Gasteiger partial charge in [0.1, 0.15) is 0 Å². The molecule has 1 saturated heterocycles. The fourth-order valence-electron chi connectivity index (χ4n) is 3.26. The molecule has 0 spiro atoms. The van der Waals surface area contributed by atoms with Gasteiger partial charge in [-0.25, -0.2) is 0 Å². The van der Waals surface area contributed by atoms with E-state index < -0.39 is 0 Å². The minimum absolute atomic E-state index is 0.299. The average Bonchev–Trinajstić information content (AvgIpc) is 2.49. The third-order valence-electron chi connectivity index (χ3n) is 4.85. The Bertz CT molecular complexity index is 255. The molecule has 1 saturated carbocycles. The molecule has 1 aliphatic heterocycles. The lowest BCUT2D eigenvalue weighted by Crippen LogP contribution is -2.62. The zero-order chi connectivity index (χ0) is 12.5. The molecule has 3 atom stereocenters. The lowest BCUT2D eigenvalue weighted by molar-refractivity contribution is -0.100. The zero-order valence-corrected chi connectivity index (χ0v) is 11.8. The van der Waals surface area contributed by atoms with Gasteiger partial charge < -0.3 is 15.0 Å². The van der Waals surface area contributed by atoms with Gasteiger partial charge in [-0.3, -0.25) is 0 Å².